The van der Waals surface area contributed by atoms with Crippen molar-refractivity contribution in [3.05, 3.63) is 44.8 Å². The van der Waals surface area contributed by atoms with Gasteiger partial charge in [0.2, 0.25) is 0 Å². The Balaban J connectivity index is 1.80. The lowest BCUT2D eigenvalue weighted by Gasteiger charge is -2.22. The van der Waals surface area contributed by atoms with Crippen LogP contribution in [-0.2, 0) is 21.7 Å². The highest BCUT2D eigenvalue weighted by molar-refractivity contribution is 7.10. The van der Waals surface area contributed by atoms with E-state index in [0.29, 0.717) is 6.54 Å². The number of rotatable bonds is 5. The van der Waals surface area contributed by atoms with Gasteiger partial charge in [-0.3, -0.25) is 9.59 Å². The Morgan fingerprint density at radius 1 is 1.14 bits per heavy atom. The second-order valence-electron chi connectivity index (χ2n) is 4.70. The van der Waals surface area contributed by atoms with Crippen molar-refractivity contribution >= 4 is 34.5 Å². The van der Waals surface area contributed by atoms with Crippen LogP contribution in [0.15, 0.2) is 35.0 Å². The van der Waals surface area contributed by atoms with Crippen molar-refractivity contribution in [3.8, 4) is 0 Å². The summed E-state index contributed by atoms with van der Waals surface area (Å²) < 4.78 is 0. The molecule has 0 aliphatic rings. The summed E-state index contributed by atoms with van der Waals surface area (Å²) >= 11 is 2.91. The van der Waals surface area contributed by atoms with Crippen molar-refractivity contribution in [1.82, 2.24) is 10.6 Å². The highest BCUT2D eigenvalue weighted by atomic mass is 32.1. The van der Waals surface area contributed by atoms with Crippen LogP contribution in [-0.4, -0.2) is 23.5 Å². The van der Waals surface area contributed by atoms with Crippen LogP contribution in [0.25, 0.3) is 0 Å². The number of hydrogen-bond acceptors (Lipinski definition) is 5. The Morgan fingerprint density at radius 3 is 2.43 bits per heavy atom. The second-order valence-corrected chi connectivity index (χ2v) is 6.68. The van der Waals surface area contributed by atoms with Gasteiger partial charge in [0.25, 0.3) is 0 Å². The summed E-state index contributed by atoms with van der Waals surface area (Å²) in [4.78, 5) is 25.0. The van der Waals surface area contributed by atoms with Crippen LogP contribution in [0.2, 0.25) is 0 Å². The van der Waals surface area contributed by atoms with E-state index >= 15 is 0 Å². The molecule has 0 unspecified atom stereocenters. The molecule has 21 heavy (non-hydrogen) atoms. The van der Waals surface area contributed by atoms with Crippen LogP contribution in [0.4, 0.5) is 0 Å². The lowest BCUT2D eigenvalue weighted by atomic mass is 10.1. The fourth-order valence-corrected chi connectivity index (χ4v) is 3.10. The zero-order valence-corrected chi connectivity index (χ0v) is 13.1. The summed E-state index contributed by atoms with van der Waals surface area (Å²) in [7, 11) is 0. The molecule has 0 aliphatic carbocycles. The maximum atomic E-state index is 11.7. The van der Waals surface area contributed by atoms with Gasteiger partial charge in [0.15, 0.2) is 0 Å². The van der Waals surface area contributed by atoms with E-state index < -0.39 is 17.4 Å². The van der Waals surface area contributed by atoms with Gasteiger partial charge in [0.05, 0.1) is 13.1 Å². The van der Waals surface area contributed by atoms with Gasteiger partial charge in [-0.1, -0.05) is 12.1 Å². The molecule has 2 rings (SSSR count). The second kappa shape index (κ2) is 6.84. The van der Waals surface area contributed by atoms with E-state index in [2.05, 4.69) is 10.6 Å². The third kappa shape index (κ3) is 4.38. The molecule has 0 aliphatic heterocycles. The minimum atomic E-state index is -1.18. The highest BCUT2D eigenvalue weighted by Crippen LogP contribution is 2.24. The molecule has 3 N–H and O–H groups in total. The molecule has 2 aromatic heterocycles. The van der Waals surface area contributed by atoms with Crippen LogP contribution >= 0.6 is 22.7 Å². The SMILES string of the molecule is C[C@](O)(CNC(=O)C(=O)NCc1cccs1)c1cccs1. The molecule has 0 bridgehead atoms. The summed E-state index contributed by atoms with van der Waals surface area (Å²) in [6, 6.07) is 7.37. The molecular weight excluding hydrogens is 308 g/mol. The van der Waals surface area contributed by atoms with Crippen LogP contribution in [0.1, 0.15) is 16.7 Å². The third-order valence-electron chi connectivity index (χ3n) is 2.85. The van der Waals surface area contributed by atoms with Crippen molar-refractivity contribution in [1.29, 1.82) is 0 Å². The van der Waals surface area contributed by atoms with Crippen molar-refractivity contribution in [2.24, 2.45) is 0 Å². The Hall–Kier alpha value is -1.70. The lowest BCUT2D eigenvalue weighted by molar-refractivity contribution is -0.139. The average molecular weight is 324 g/mol. The van der Waals surface area contributed by atoms with Gasteiger partial charge in [0, 0.05) is 9.75 Å². The molecule has 5 nitrogen and oxygen atoms in total. The van der Waals surface area contributed by atoms with Gasteiger partial charge in [0.1, 0.15) is 5.60 Å². The van der Waals surface area contributed by atoms with Crippen molar-refractivity contribution < 1.29 is 14.7 Å². The smallest absolute Gasteiger partial charge is 0.309 e. The Bertz CT molecular complexity index is 592. The summed E-state index contributed by atoms with van der Waals surface area (Å²) in [6.07, 6.45) is 0. The number of aliphatic hydroxyl groups is 1. The first-order valence-corrected chi connectivity index (χ1v) is 8.10. The monoisotopic (exact) mass is 324 g/mol. The molecule has 0 spiro atoms. The van der Waals surface area contributed by atoms with Gasteiger partial charge < -0.3 is 15.7 Å². The predicted octanol–water partition coefficient (Wildman–Crippen LogP) is 1.45. The molecule has 2 aromatic rings. The van der Waals surface area contributed by atoms with E-state index in [-0.39, 0.29) is 6.54 Å². The third-order valence-corrected chi connectivity index (χ3v) is 4.85. The Morgan fingerprint density at radius 2 is 1.81 bits per heavy atom. The molecule has 0 saturated carbocycles. The summed E-state index contributed by atoms with van der Waals surface area (Å²) in [5, 5.41) is 19.0. The van der Waals surface area contributed by atoms with Crippen LogP contribution in [0.3, 0.4) is 0 Å². The molecule has 112 valence electrons. The van der Waals surface area contributed by atoms with Crippen LogP contribution in [0.5, 0.6) is 0 Å². The molecule has 7 heteroatoms. The Kier molecular flexibility index (Phi) is 5.11. The molecule has 2 heterocycles. The maximum absolute atomic E-state index is 11.7. The maximum Gasteiger partial charge on any atom is 0.309 e. The molecule has 0 saturated heterocycles. The molecule has 2 amide bonds. The Labute approximate surface area is 130 Å². The normalized spacial score (nSPS) is 13.4. The molecule has 0 aromatic carbocycles. The summed E-state index contributed by atoms with van der Waals surface area (Å²) in [5.41, 5.74) is -1.18. The van der Waals surface area contributed by atoms with Crippen LogP contribution < -0.4 is 10.6 Å². The fraction of sp³-hybridized carbons (Fsp3) is 0.286. The van der Waals surface area contributed by atoms with Crippen molar-refractivity contribution in [2.45, 2.75) is 19.1 Å². The minimum absolute atomic E-state index is 0.0151. The van der Waals surface area contributed by atoms with E-state index in [1.165, 1.54) is 22.7 Å². The van der Waals surface area contributed by atoms with Crippen molar-refractivity contribution in [3.63, 3.8) is 0 Å². The van der Waals surface area contributed by atoms with Gasteiger partial charge >= 0.3 is 11.8 Å². The summed E-state index contributed by atoms with van der Waals surface area (Å²) in [5.74, 6) is -1.45. The number of nitrogens with one attached hydrogen (secondary N) is 2. The standard InChI is InChI=1S/C14H16N2O3S2/c1-14(19,11-5-3-7-21-11)9-16-13(18)12(17)15-8-10-4-2-6-20-10/h2-7,19H,8-9H2,1H3,(H,15,17)(H,16,18)/t14-/m0/s1. The average Bonchev–Trinajstić information content (AvgIpc) is 3.14. The first-order chi connectivity index (χ1) is 9.99. The largest absolute Gasteiger partial charge is 0.383 e. The molecular formula is C14H16N2O3S2. The fourth-order valence-electron chi connectivity index (χ4n) is 1.67. The quantitative estimate of drug-likeness (QED) is 0.729. The number of carbonyl (C=O) groups is 2. The zero-order valence-electron chi connectivity index (χ0n) is 11.5. The van der Waals surface area contributed by atoms with E-state index in [9.17, 15) is 14.7 Å². The van der Waals surface area contributed by atoms with Crippen LogP contribution in [0, 0.1) is 0 Å². The van der Waals surface area contributed by atoms with Gasteiger partial charge in [-0.05, 0) is 29.8 Å². The molecule has 1 atom stereocenters. The predicted molar refractivity (Wildman–Crippen MR) is 83.1 cm³/mol. The highest BCUT2D eigenvalue weighted by Gasteiger charge is 2.26. The van der Waals surface area contributed by atoms with E-state index in [1.54, 1.807) is 13.0 Å². The minimum Gasteiger partial charge on any atom is -0.383 e. The number of carbonyl (C=O) groups excluding carboxylic acids is 2. The first kappa shape index (κ1) is 15.7. The zero-order chi connectivity index (χ0) is 15.3. The van der Waals surface area contributed by atoms with Crippen molar-refractivity contribution in [2.75, 3.05) is 6.54 Å². The van der Waals surface area contributed by atoms with E-state index in [1.807, 2.05) is 29.0 Å². The van der Waals surface area contributed by atoms with E-state index in [0.717, 1.165) is 9.75 Å². The number of amides is 2. The van der Waals surface area contributed by atoms with Gasteiger partial charge in [-0.2, -0.15) is 0 Å². The first-order valence-electron chi connectivity index (χ1n) is 6.34. The van der Waals surface area contributed by atoms with Gasteiger partial charge in [-0.15, -0.1) is 22.7 Å². The molecule has 0 fully saturated rings. The van der Waals surface area contributed by atoms with E-state index in [4.69, 9.17) is 0 Å². The number of thiophene rings is 2. The van der Waals surface area contributed by atoms with Gasteiger partial charge in [-0.25, -0.2) is 0 Å². The number of hydrogen-bond donors (Lipinski definition) is 3. The summed E-state index contributed by atoms with van der Waals surface area (Å²) in [6.45, 7) is 1.91. The lowest BCUT2D eigenvalue weighted by Crippen LogP contribution is -2.44. The topological polar surface area (TPSA) is 78.4 Å². The molecule has 0 radical (unpaired) electrons.